The van der Waals surface area contributed by atoms with Crippen molar-refractivity contribution in [2.45, 2.75) is 25.9 Å². The Hall–Kier alpha value is -1.19. The lowest BCUT2D eigenvalue weighted by Crippen LogP contribution is -2.27. The Kier molecular flexibility index (Phi) is 4.07. The molecule has 0 aliphatic rings. The number of hydrogen-bond acceptors (Lipinski definition) is 1. The summed E-state index contributed by atoms with van der Waals surface area (Å²) in [7, 11) is 0. The molecule has 0 amide bonds. The van der Waals surface area contributed by atoms with Crippen molar-refractivity contribution in [3.05, 3.63) is 69.4 Å². The largest absolute Gasteiger partial charge is 0.380 e. The minimum Gasteiger partial charge on any atom is -0.380 e. The fraction of sp³-hybridized carbons (Fsp3) is 0.250. The summed E-state index contributed by atoms with van der Waals surface area (Å²) < 4.78 is 14.1. The van der Waals surface area contributed by atoms with Gasteiger partial charge in [0.15, 0.2) is 0 Å². The van der Waals surface area contributed by atoms with Crippen molar-refractivity contribution >= 4 is 15.9 Å². The van der Waals surface area contributed by atoms with E-state index in [-0.39, 0.29) is 5.82 Å². The molecule has 0 fully saturated rings. The third kappa shape index (κ3) is 2.72. The first-order valence-electron chi connectivity index (χ1n) is 6.22. The Morgan fingerprint density at radius 1 is 1.21 bits per heavy atom. The maximum atomic E-state index is 13.2. The van der Waals surface area contributed by atoms with E-state index in [1.54, 1.807) is 6.07 Å². The van der Waals surface area contributed by atoms with Crippen LogP contribution in [0.4, 0.5) is 4.39 Å². The maximum Gasteiger partial charge on any atom is 0.123 e. The zero-order chi connectivity index (χ0) is 14.0. The van der Waals surface area contributed by atoms with E-state index in [0.29, 0.717) is 6.42 Å². The van der Waals surface area contributed by atoms with Crippen molar-refractivity contribution in [1.29, 1.82) is 0 Å². The lowest BCUT2D eigenvalue weighted by atomic mass is 9.82. The van der Waals surface area contributed by atoms with E-state index < -0.39 is 5.60 Å². The molecule has 19 heavy (non-hydrogen) atoms. The van der Waals surface area contributed by atoms with Crippen LogP contribution < -0.4 is 0 Å². The van der Waals surface area contributed by atoms with Gasteiger partial charge in [-0.2, -0.15) is 0 Å². The van der Waals surface area contributed by atoms with Gasteiger partial charge in [0.2, 0.25) is 0 Å². The normalized spacial score (nSPS) is 14.2. The smallest absolute Gasteiger partial charge is 0.123 e. The lowest BCUT2D eigenvalue weighted by Gasteiger charge is -2.29. The molecule has 2 aromatic rings. The Labute approximate surface area is 121 Å². The van der Waals surface area contributed by atoms with E-state index >= 15 is 0 Å². The summed E-state index contributed by atoms with van der Waals surface area (Å²) in [5, 5.41) is 11.0. The molecule has 2 rings (SSSR count). The maximum absolute atomic E-state index is 13.2. The number of aliphatic hydroxyl groups is 1. The summed E-state index contributed by atoms with van der Waals surface area (Å²) in [5.41, 5.74) is 1.21. The van der Waals surface area contributed by atoms with Gasteiger partial charge in [-0.05, 0) is 54.3 Å². The zero-order valence-corrected chi connectivity index (χ0v) is 12.5. The monoisotopic (exact) mass is 322 g/mol. The van der Waals surface area contributed by atoms with E-state index in [9.17, 15) is 9.50 Å². The van der Waals surface area contributed by atoms with Gasteiger partial charge < -0.3 is 5.11 Å². The summed E-state index contributed by atoms with van der Waals surface area (Å²) in [6.45, 7) is 3.74. The molecule has 0 heterocycles. The van der Waals surface area contributed by atoms with Crippen molar-refractivity contribution in [2.24, 2.45) is 0 Å². The highest BCUT2D eigenvalue weighted by Gasteiger charge is 2.31. The summed E-state index contributed by atoms with van der Waals surface area (Å²) in [6.07, 6.45) is 0.524. The first kappa shape index (κ1) is 14.2. The topological polar surface area (TPSA) is 20.2 Å². The molecular formula is C16H16BrFO. The van der Waals surface area contributed by atoms with Gasteiger partial charge in [-0.1, -0.05) is 41.1 Å². The minimum absolute atomic E-state index is 0.283. The molecule has 1 unspecified atom stereocenters. The second-order valence-electron chi connectivity index (χ2n) is 4.68. The van der Waals surface area contributed by atoms with E-state index in [0.717, 1.165) is 21.2 Å². The van der Waals surface area contributed by atoms with Gasteiger partial charge in [0.05, 0.1) is 0 Å². The first-order valence-corrected chi connectivity index (χ1v) is 7.01. The van der Waals surface area contributed by atoms with Crippen LogP contribution >= 0.6 is 15.9 Å². The van der Waals surface area contributed by atoms with Crippen molar-refractivity contribution < 1.29 is 9.50 Å². The van der Waals surface area contributed by atoms with Gasteiger partial charge in [-0.3, -0.25) is 0 Å². The fourth-order valence-corrected chi connectivity index (χ4v) is 2.79. The Morgan fingerprint density at radius 3 is 2.53 bits per heavy atom. The lowest BCUT2D eigenvalue weighted by molar-refractivity contribution is 0.0757. The second kappa shape index (κ2) is 5.43. The van der Waals surface area contributed by atoms with Gasteiger partial charge in [0.25, 0.3) is 0 Å². The molecule has 0 radical (unpaired) electrons. The summed E-state index contributed by atoms with van der Waals surface area (Å²) in [4.78, 5) is 0. The zero-order valence-electron chi connectivity index (χ0n) is 11.0. The minimum atomic E-state index is -1.10. The van der Waals surface area contributed by atoms with Crippen LogP contribution in [-0.4, -0.2) is 5.11 Å². The van der Waals surface area contributed by atoms with Gasteiger partial charge >= 0.3 is 0 Å². The summed E-state index contributed by atoms with van der Waals surface area (Å²) >= 11 is 3.42. The van der Waals surface area contributed by atoms with Crippen LogP contribution in [0.3, 0.4) is 0 Å². The molecule has 2 aromatic carbocycles. The first-order chi connectivity index (χ1) is 8.97. The summed E-state index contributed by atoms with van der Waals surface area (Å²) in [5.74, 6) is -0.283. The molecule has 3 heteroatoms. The molecular weight excluding hydrogens is 307 g/mol. The third-order valence-electron chi connectivity index (χ3n) is 3.45. The van der Waals surface area contributed by atoms with E-state index in [4.69, 9.17) is 0 Å². The van der Waals surface area contributed by atoms with E-state index in [2.05, 4.69) is 15.9 Å². The SMILES string of the molecule is CCC(O)(c1cccc(Br)c1)c1ccc(F)cc1C. The highest BCUT2D eigenvalue weighted by Crippen LogP contribution is 2.35. The third-order valence-corrected chi connectivity index (χ3v) is 3.94. The molecule has 0 spiro atoms. The molecule has 0 bridgehead atoms. The van der Waals surface area contributed by atoms with Crippen LogP contribution in [0.5, 0.6) is 0 Å². The number of rotatable bonds is 3. The Bertz CT molecular complexity index is 597. The van der Waals surface area contributed by atoms with Gasteiger partial charge in [0.1, 0.15) is 11.4 Å². The average Bonchev–Trinajstić information content (AvgIpc) is 2.38. The molecule has 1 N–H and O–H groups in total. The van der Waals surface area contributed by atoms with Crippen molar-refractivity contribution in [3.63, 3.8) is 0 Å². The standard InChI is InChI=1S/C16H16BrFO/c1-3-16(19,12-5-4-6-13(17)10-12)15-8-7-14(18)9-11(15)2/h4-10,19H,3H2,1-2H3. The molecule has 0 saturated carbocycles. The van der Waals surface area contributed by atoms with Crippen LogP contribution in [0.2, 0.25) is 0 Å². The highest BCUT2D eigenvalue weighted by atomic mass is 79.9. The van der Waals surface area contributed by atoms with Gasteiger partial charge in [-0.25, -0.2) is 4.39 Å². The van der Waals surface area contributed by atoms with Crippen molar-refractivity contribution in [1.82, 2.24) is 0 Å². The number of hydrogen-bond donors (Lipinski definition) is 1. The molecule has 0 aromatic heterocycles. The van der Waals surface area contributed by atoms with Gasteiger partial charge in [0, 0.05) is 4.47 Å². The number of aryl methyl sites for hydroxylation is 1. The van der Waals surface area contributed by atoms with Crippen LogP contribution in [0.25, 0.3) is 0 Å². The van der Waals surface area contributed by atoms with Crippen LogP contribution in [0, 0.1) is 12.7 Å². The highest BCUT2D eigenvalue weighted by molar-refractivity contribution is 9.10. The van der Waals surface area contributed by atoms with Gasteiger partial charge in [-0.15, -0.1) is 0 Å². The van der Waals surface area contributed by atoms with E-state index in [1.807, 2.05) is 38.1 Å². The van der Waals surface area contributed by atoms with Crippen LogP contribution in [0.15, 0.2) is 46.9 Å². The molecule has 1 nitrogen and oxygen atoms in total. The molecule has 0 aliphatic carbocycles. The van der Waals surface area contributed by atoms with Crippen LogP contribution in [0.1, 0.15) is 30.0 Å². The predicted molar refractivity (Wildman–Crippen MR) is 78.6 cm³/mol. The van der Waals surface area contributed by atoms with Crippen LogP contribution in [-0.2, 0) is 5.60 Å². The molecule has 1 atom stereocenters. The second-order valence-corrected chi connectivity index (χ2v) is 5.60. The predicted octanol–water partition coefficient (Wildman–Crippen LogP) is 4.54. The molecule has 0 aliphatic heterocycles. The average molecular weight is 323 g/mol. The fourth-order valence-electron chi connectivity index (χ4n) is 2.39. The number of benzene rings is 2. The Balaban J connectivity index is 2.59. The van der Waals surface area contributed by atoms with Crippen molar-refractivity contribution in [2.75, 3.05) is 0 Å². The van der Waals surface area contributed by atoms with E-state index in [1.165, 1.54) is 12.1 Å². The molecule has 100 valence electrons. The Morgan fingerprint density at radius 2 is 1.95 bits per heavy atom. The summed E-state index contributed by atoms with van der Waals surface area (Å²) in [6, 6.07) is 12.1. The quantitative estimate of drug-likeness (QED) is 0.879. The molecule has 0 saturated heterocycles. The number of halogens is 2. The van der Waals surface area contributed by atoms with Crippen molar-refractivity contribution in [3.8, 4) is 0 Å².